The average molecular weight is 393 g/mol. The first-order chi connectivity index (χ1) is 14.1. The zero-order valence-electron chi connectivity index (χ0n) is 17.3. The van der Waals surface area contributed by atoms with E-state index in [1.165, 1.54) is 16.8 Å². The van der Waals surface area contributed by atoms with Crippen LogP contribution in [0, 0.1) is 12.8 Å². The number of aryl methyl sites for hydroxylation is 1. The molecule has 4 rings (SSSR count). The SMILES string of the molecule is Cc1cc(CC(C)C)cc(N2CCN(Cc3cccnn3)CC2)c1-c1nn[nH]n1. The fraction of sp³-hybridized carbons (Fsp3) is 0.476. The van der Waals surface area contributed by atoms with Crippen LogP contribution in [0.25, 0.3) is 11.4 Å². The van der Waals surface area contributed by atoms with Crippen LogP contribution in [-0.4, -0.2) is 61.9 Å². The van der Waals surface area contributed by atoms with Crippen molar-refractivity contribution in [3.63, 3.8) is 0 Å². The lowest BCUT2D eigenvalue weighted by Crippen LogP contribution is -2.46. The summed E-state index contributed by atoms with van der Waals surface area (Å²) in [6.07, 6.45) is 2.78. The Bertz CT molecular complexity index is 915. The molecule has 29 heavy (non-hydrogen) atoms. The van der Waals surface area contributed by atoms with E-state index in [9.17, 15) is 0 Å². The van der Waals surface area contributed by atoms with E-state index in [2.05, 4.69) is 73.5 Å². The number of tetrazole rings is 1. The maximum atomic E-state index is 4.26. The second-order valence-corrected chi connectivity index (χ2v) is 8.12. The molecule has 0 amide bonds. The molecule has 0 atom stereocenters. The molecule has 8 heteroatoms. The average Bonchev–Trinajstić information content (AvgIpc) is 3.23. The van der Waals surface area contributed by atoms with Gasteiger partial charge in [0.05, 0.1) is 5.69 Å². The van der Waals surface area contributed by atoms with Crippen LogP contribution in [0.1, 0.15) is 30.7 Å². The van der Waals surface area contributed by atoms with Gasteiger partial charge in [0.15, 0.2) is 0 Å². The van der Waals surface area contributed by atoms with E-state index < -0.39 is 0 Å². The number of aromatic amines is 1. The summed E-state index contributed by atoms with van der Waals surface area (Å²) in [6.45, 7) is 11.4. The molecule has 152 valence electrons. The van der Waals surface area contributed by atoms with Crippen LogP contribution < -0.4 is 4.90 Å². The molecule has 1 N–H and O–H groups in total. The first kappa shape index (κ1) is 19.4. The summed E-state index contributed by atoms with van der Waals surface area (Å²) in [5, 5.41) is 23.1. The maximum Gasteiger partial charge on any atom is 0.207 e. The molecular formula is C21H28N8. The lowest BCUT2D eigenvalue weighted by atomic mass is 9.95. The van der Waals surface area contributed by atoms with Crippen molar-refractivity contribution in [2.45, 2.75) is 33.7 Å². The second-order valence-electron chi connectivity index (χ2n) is 8.12. The van der Waals surface area contributed by atoms with Crippen molar-refractivity contribution >= 4 is 5.69 Å². The highest BCUT2D eigenvalue weighted by Gasteiger charge is 2.23. The minimum Gasteiger partial charge on any atom is -0.368 e. The molecular weight excluding hydrogens is 364 g/mol. The van der Waals surface area contributed by atoms with Gasteiger partial charge < -0.3 is 4.90 Å². The summed E-state index contributed by atoms with van der Waals surface area (Å²) in [5.74, 6) is 1.28. The first-order valence-corrected chi connectivity index (χ1v) is 10.2. The van der Waals surface area contributed by atoms with Crippen molar-refractivity contribution in [3.8, 4) is 11.4 Å². The third-order valence-electron chi connectivity index (χ3n) is 5.31. The summed E-state index contributed by atoms with van der Waals surface area (Å²) < 4.78 is 0. The molecule has 1 fully saturated rings. The maximum absolute atomic E-state index is 4.26. The van der Waals surface area contributed by atoms with E-state index >= 15 is 0 Å². The fourth-order valence-corrected chi connectivity index (χ4v) is 4.03. The highest BCUT2D eigenvalue weighted by Crippen LogP contribution is 2.34. The van der Waals surface area contributed by atoms with Crippen LogP contribution in [0.2, 0.25) is 0 Å². The van der Waals surface area contributed by atoms with Crippen molar-refractivity contribution in [1.29, 1.82) is 0 Å². The molecule has 1 aromatic carbocycles. The lowest BCUT2D eigenvalue weighted by molar-refractivity contribution is 0.246. The summed E-state index contributed by atoms with van der Waals surface area (Å²) >= 11 is 0. The minimum atomic E-state index is 0.613. The molecule has 1 aliphatic heterocycles. The third kappa shape index (κ3) is 4.59. The monoisotopic (exact) mass is 392 g/mol. The predicted octanol–water partition coefficient (Wildman–Crippen LogP) is 2.49. The van der Waals surface area contributed by atoms with Crippen LogP contribution in [0.3, 0.4) is 0 Å². The van der Waals surface area contributed by atoms with Gasteiger partial charge in [-0.1, -0.05) is 19.9 Å². The zero-order chi connectivity index (χ0) is 20.2. The largest absolute Gasteiger partial charge is 0.368 e. The first-order valence-electron chi connectivity index (χ1n) is 10.2. The van der Waals surface area contributed by atoms with E-state index in [1.807, 2.05) is 12.1 Å². The van der Waals surface area contributed by atoms with Crippen molar-refractivity contribution in [2.75, 3.05) is 31.1 Å². The van der Waals surface area contributed by atoms with E-state index in [4.69, 9.17) is 0 Å². The van der Waals surface area contributed by atoms with Gasteiger partial charge in [-0.25, -0.2) is 0 Å². The Morgan fingerprint density at radius 3 is 2.59 bits per heavy atom. The normalized spacial score (nSPS) is 15.2. The highest BCUT2D eigenvalue weighted by molar-refractivity contribution is 5.78. The number of hydrogen-bond donors (Lipinski definition) is 1. The summed E-state index contributed by atoms with van der Waals surface area (Å²) in [4.78, 5) is 4.88. The number of hydrogen-bond acceptors (Lipinski definition) is 7. The Kier molecular flexibility index (Phi) is 5.80. The molecule has 1 aliphatic rings. The third-order valence-corrected chi connectivity index (χ3v) is 5.31. The second kappa shape index (κ2) is 8.65. The van der Waals surface area contributed by atoms with Crippen LogP contribution >= 0.6 is 0 Å². The lowest BCUT2D eigenvalue weighted by Gasteiger charge is -2.37. The number of nitrogens with zero attached hydrogens (tertiary/aromatic N) is 7. The Labute approximate surface area is 171 Å². The van der Waals surface area contributed by atoms with Crippen LogP contribution in [0.4, 0.5) is 5.69 Å². The molecule has 0 radical (unpaired) electrons. The van der Waals surface area contributed by atoms with Gasteiger partial charge in [-0.2, -0.15) is 15.4 Å². The van der Waals surface area contributed by atoms with E-state index in [-0.39, 0.29) is 0 Å². The van der Waals surface area contributed by atoms with Gasteiger partial charge >= 0.3 is 0 Å². The van der Waals surface area contributed by atoms with Crippen LogP contribution in [0.15, 0.2) is 30.5 Å². The molecule has 0 spiro atoms. The van der Waals surface area contributed by atoms with E-state index in [0.717, 1.165) is 50.4 Å². The van der Waals surface area contributed by atoms with Gasteiger partial charge in [-0.05, 0) is 53.8 Å². The van der Waals surface area contributed by atoms with Gasteiger partial charge in [-0.3, -0.25) is 4.90 Å². The van der Waals surface area contributed by atoms with Crippen molar-refractivity contribution in [1.82, 2.24) is 35.7 Å². The van der Waals surface area contributed by atoms with E-state index in [0.29, 0.717) is 11.7 Å². The standard InChI is InChI=1S/C21H28N8/c1-15(2)11-17-12-16(3)20(21-24-26-27-25-21)19(13-17)29-9-7-28(8-10-29)14-18-5-4-6-22-23-18/h4-6,12-13,15H,7-11,14H2,1-3H3,(H,24,25,26,27). The van der Waals surface area contributed by atoms with Crippen molar-refractivity contribution in [2.24, 2.45) is 5.92 Å². The van der Waals surface area contributed by atoms with Gasteiger partial charge in [0.2, 0.25) is 5.82 Å². The number of aromatic nitrogens is 6. The molecule has 0 unspecified atom stereocenters. The number of nitrogens with one attached hydrogen (secondary N) is 1. The Morgan fingerprint density at radius 1 is 1.10 bits per heavy atom. The van der Waals surface area contributed by atoms with Gasteiger partial charge in [0.1, 0.15) is 0 Å². The molecule has 0 aliphatic carbocycles. The molecule has 8 nitrogen and oxygen atoms in total. The van der Waals surface area contributed by atoms with E-state index in [1.54, 1.807) is 6.20 Å². The quantitative estimate of drug-likeness (QED) is 0.689. The van der Waals surface area contributed by atoms with Crippen molar-refractivity contribution < 1.29 is 0 Å². The smallest absolute Gasteiger partial charge is 0.207 e. The van der Waals surface area contributed by atoms with Crippen LogP contribution in [0.5, 0.6) is 0 Å². The summed E-state index contributed by atoms with van der Waals surface area (Å²) in [5.41, 5.74) is 5.86. The van der Waals surface area contributed by atoms with Gasteiger partial charge in [0, 0.05) is 50.2 Å². The van der Waals surface area contributed by atoms with Crippen LogP contribution in [-0.2, 0) is 13.0 Å². The topological polar surface area (TPSA) is 86.7 Å². The highest BCUT2D eigenvalue weighted by atomic mass is 15.5. The fourth-order valence-electron chi connectivity index (χ4n) is 4.03. The number of rotatable bonds is 6. The molecule has 3 aromatic rings. The molecule has 1 saturated heterocycles. The number of H-pyrrole nitrogens is 1. The molecule has 3 heterocycles. The molecule has 0 saturated carbocycles. The number of benzene rings is 1. The van der Waals surface area contributed by atoms with Gasteiger partial charge in [-0.15, -0.1) is 10.2 Å². The van der Waals surface area contributed by atoms with Gasteiger partial charge in [0.25, 0.3) is 0 Å². The minimum absolute atomic E-state index is 0.613. The number of anilines is 1. The summed E-state index contributed by atoms with van der Waals surface area (Å²) in [6, 6.07) is 8.56. The Morgan fingerprint density at radius 2 is 1.93 bits per heavy atom. The van der Waals surface area contributed by atoms with Crippen molar-refractivity contribution in [3.05, 3.63) is 47.3 Å². The Hall–Kier alpha value is -2.87. The zero-order valence-corrected chi connectivity index (χ0v) is 17.3. The Balaban J connectivity index is 1.56. The summed E-state index contributed by atoms with van der Waals surface area (Å²) in [7, 11) is 0. The predicted molar refractivity (Wildman–Crippen MR) is 112 cm³/mol. The molecule has 0 bridgehead atoms. The number of piperazine rings is 1. The molecule has 2 aromatic heterocycles.